The van der Waals surface area contributed by atoms with Crippen molar-refractivity contribution in [2.45, 2.75) is 39.0 Å². The van der Waals surface area contributed by atoms with Gasteiger partial charge in [-0.05, 0) is 49.1 Å². The molecule has 0 aliphatic rings. The first-order valence-corrected chi connectivity index (χ1v) is 10.3. The molecule has 1 atom stereocenters. The van der Waals surface area contributed by atoms with Gasteiger partial charge in [-0.1, -0.05) is 66.2 Å². The molecule has 0 spiro atoms. The van der Waals surface area contributed by atoms with Crippen LogP contribution in [0.4, 0.5) is 0 Å². The maximum absolute atomic E-state index is 6.14. The topological polar surface area (TPSA) is 30.5 Å². The van der Waals surface area contributed by atoms with Crippen molar-refractivity contribution < 1.29 is 9.47 Å². The standard InChI is InChI=1S/C25H28ClNO2/c1-19(14-15-20-8-4-3-5-9-20)27-17-22-11-7-13-24(28-2)25(22)29-18-21-10-6-12-23(26)16-21/h3-13,16,19,27H,14-15,17-18H2,1-2H3/t19-/m1/s1. The Morgan fingerprint density at radius 3 is 2.45 bits per heavy atom. The monoisotopic (exact) mass is 409 g/mol. The van der Waals surface area contributed by atoms with E-state index in [1.54, 1.807) is 7.11 Å². The normalized spacial score (nSPS) is 11.8. The summed E-state index contributed by atoms with van der Waals surface area (Å²) in [6, 6.07) is 24.7. The fraction of sp³-hybridized carbons (Fsp3) is 0.280. The summed E-state index contributed by atoms with van der Waals surface area (Å²) in [6.45, 7) is 3.38. The smallest absolute Gasteiger partial charge is 0.166 e. The van der Waals surface area contributed by atoms with E-state index in [0.29, 0.717) is 17.7 Å². The van der Waals surface area contributed by atoms with Gasteiger partial charge in [0.15, 0.2) is 11.5 Å². The van der Waals surface area contributed by atoms with Gasteiger partial charge in [0.25, 0.3) is 0 Å². The molecule has 1 N–H and O–H groups in total. The van der Waals surface area contributed by atoms with Gasteiger partial charge < -0.3 is 14.8 Å². The molecule has 0 radical (unpaired) electrons. The van der Waals surface area contributed by atoms with Crippen LogP contribution in [0.25, 0.3) is 0 Å². The van der Waals surface area contributed by atoms with Crippen molar-refractivity contribution in [1.29, 1.82) is 0 Å². The number of rotatable bonds is 10. The largest absolute Gasteiger partial charge is 0.493 e. The van der Waals surface area contributed by atoms with E-state index < -0.39 is 0 Å². The average Bonchev–Trinajstić information content (AvgIpc) is 2.75. The average molecular weight is 410 g/mol. The first-order valence-electron chi connectivity index (χ1n) is 9.96. The van der Waals surface area contributed by atoms with Crippen LogP contribution in [-0.4, -0.2) is 13.2 Å². The van der Waals surface area contributed by atoms with Crippen LogP contribution in [0.2, 0.25) is 5.02 Å². The second kappa shape index (κ2) is 10.9. The second-order valence-electron chi connectivity index (χ2n) is 7.17. The summed E-state index contributed by atoms with van der Waals surface area (Å²) >= 11 is 6.08. The first-order chi connectivity index (χ1) is 14.2. The third-order valence-corrected chi connectivity index (χ3v) is 5.14. The minimum Gasteiger partial charge on any atom is -0.493 e. The van der Waals surface area contributed by atoms with E-state index in [0.717, 1.165) is 42.0 Å². The lowest BCUT2D eigenvalue weighted by Gasteiger charge is -2.18. The highest BCUT2D eigenvalue weighted by atomic mass is 35.5. The molecule has 0 saturated heterocycles. The Balaban J connectivity index is 1.60. The molecular formula is C25H28ClNO2. The summed E-state index contributed by atoms with van der Waals surface area (Å²) in [5, 5.41) is 4.32. The van der Waals surface area contributed by atoms with Crippen molar-refractivity contribution in [3.05, 3.63) is 94.5 Å². The molecule has 0 saturated carbocycles. The maximum Gasteiger partial charge on any atom is 0.166 e. The van der Waals surface area contributed by atoms with E-state index >= 15 is 0 Å². The molecular weight excluding hydrogens is 382 g/mol. The lowest BCUT2D eigenvalue weighted by molar-refractivity contribution is 0.280. The molecule has 29 heavy (non-hydrogen) atoms. The Bertz CT molecular complexity index is 898. The molecule has 0 unspecified atom stereocenters. The maximum atomic E-state index is 6.14. The number of aryl methyl sites for hydroxylation is 1. The van der Waals surface area contributed by atoms with Gasteiger partial charge in [-0.15, -0.1) is 0 Å². The number of hydrogen-bond donors (Lipinski definition) is 1. The number of methoxy groups -OCH3 is 1. The number of ether oxygens (including phenoxy) is 2. The molecule has 3 nitrogen and oxygen atoms in total. The lowest BCUT2D eigenvalue weighted by Crippen LogP contribution is -2.26. The minimum atomic E-state index is 0.391. The van der Waals surface area contributed by atoms with Crippen molar-refractivity contribution in [3.8, 4) is 11.5 Å². The van der Waals surface area contributed by atoms with E-state index in [-0.39, 0.29) is 0 Å². The predicted octanol–water partition coefficient (Wildman–Crippen LogP) is 6.04. The molecule has 0 fully saturated rings. The number of benzene rings is 3. The van der Waals surface area contributed by atoms with Crippen LogP contribution in [0.3, 0.4) is 0 Å². The highest BCUT2D eigenvalue weighted by molar-refractivity contribution is 6.30. The van der Waals surface area contributed by atoms with E-state index in [1.165, 1.54) is 5.56 Å². The zero-order valence-corrected chi connectivity index (χ0v) is 17.8. The van der Waals surface area contributed by atoms with Crippen LogP contribution in [0.5, 0.6) is 11.5 Å². The molecule has 152 valence electrons. The molecule has 0 heterocycles. The summed E-state index contributed by atoms with van der Waals surface area (Å²) in [4.78, 5) is 0. The first kappa shape index (κ1) is 21.2. The highest BCUT2D eigenvalue weighted by Gasteiger charge is 2.12. The molecule has 0 amide bonds. The molecule has 3 aromatic carbocycles. The van der Waals surface area contributed by atoms with Crippen molar-refractivity contribution >= 4 is 11.6 Å². The van der Waals surface area contributed by atoms with Crippen LogP contribution in [0.1, 0.15) is 30.0 Å². The van der Waals surface area contributed by atoms with Gasteiger partial charge in [0, 0.05) is 23.2 Å². The van der Waals surface area contributed by atoms with Gasteiger partial charge in [-0.3, -0.25) is 0 Å². The highest BCUT2D eigenvalue weighted by Crippen LogP contribution is 2.32. The van der Waals surface area contributed by atoms with Gasteiger partial charge >= 0.3 is 0 Å². The zero-order chi connectivity index (χ0) is 20.5. The molecule has 0 aliphatic heterocycles. The number of para-hydroxylation sites is 1. The summed E-state index contributed by atoms with van der Waals surface area (Å²) < 4.78 is 11.7. The van der Waals surface area contributed by atoms with Crippen molar-refractivity contribution in [2.24, 2.45) is 0 Å². The number of hydrogen-bond acceptors (Lipinski definition) is 3. The van der Waals surface area contributed by atoms with Crippen LogP contribution >= 0.6 is 11.6 Å². The summed E-state index contributed by atoms with van der Waals surface area (Å²) in [6.07, 6.45) is 2.14. The lowest BCUT2D eigenvalue weighted by atomic mass is 10.1. The third-order valence-electron chi connectivity index (χ3n) is 4.90. The fourth-order valence-electron chi connectivity index (χ4n) is 3.22. The van der Waals surface area contributed by atoms with Gasteiger partial charge in [-0.25, -0.2) is 0 Å². The Morgan fingerprint density at radius 2 is 1.69 bits per heavy atom. The van der Waals surface area contributed by atoms with Crippen LogP contribution < -0.4 is 14.8 Å². The predicted molar refractivity (Wildman–Crippen MR) is 120 cm³/mol. The number of nitrogens with one attached hydrogen (secondary N) is 1. The van der Waals surface area contributed by atoms with Gasteiger partial charge in [-0.2, -0.15) is 0 Å². The van der Waals surface area contributed by atoms with Crippen molar-refractivity contribution in [1.82, 2.24) is 5.32 Å². The molecule has 3 aromatic rings. The van der Waals surface area contributed by atoms with Crippen LogP contribution in [0.15, 0.2) is 72.8 Å². The zero-order valence-electron chi connectivity index (χ0n) is 17.0. The Morgan fingerprint density at radius 1 is 0.931 bits per heavy atom. The molecule has 0 aliphatic carbocycles. The summed E-state index contributed by atoms with van der Waals surface area (Å²) in [5.41, 5.74) is 3.48. The molecule has 0 bridgehead atoms. The van der Waals surface area contributed by atoms with E-state index in [1.807, 2.05) is 36.4 Å². The SMILES string of the molecule is COc1cccc(CN[C@H](C)CCc2ccccc2)c1OCc1cccc(Cl)c1. The molecule has 4 heteroatoms. The Kier molecular flexibility index (Phi) is 7.97. The fourth-order valence-corrected chi connectivity index (χ4v) is 3.43. The Labute approximate surface area is 178 Å². The van der Waals surface area contributed by atoms with Gasteiger partial charge in [0.2, 0.25) is 0 Å². The quantitative estimate of drug-likeness (QED) is 0.443. The molecule has 0 aromatic heterocycles. The van der Waals surface area contributed by atoms with Crippen molar-refractivity contribution in [3.63, 3.8) is 0 Å². The van der Waals surface area contributed by atoms with Crippen LogP contribution in [0, 0.1) is 0 Å². The third kappa shape index (κ3) is 6.52. The van der Waals surface area contributed by atoms with Crippen molar-refractivity contribution in [2.75, 3.05) is 7.11 Å². The summed E-state index contributed by atoms with van der Waals surface area (Å²) in [7, 11) is 1.67. The van der Waals surface area contributed by atoms with Gasteiger partial charge in [0.1, 0.15) is 6.61 Å². The van der Waals surface area contributed by atoms with E-state index in [2.05, 4.69) is 48.6 Å². The second-order valence-corrected chi connectivity index (χ2v) is 7.61. The van der Waals surface area contributed by atoms with Gasteiger partial charge in [0.05, 0.1) is 7.11 Å². The summed E-state index contributed by atoms with van der Waals surface area (Å²) in [5.74, 6) is 1.51. The Hall–Kier alpha value is -2.49. The van der Waals surface area contributed by atoms with E-state index in [4.69, 9.17) is 21.1 Å². The minimum absolute atomic E-state index is 0.391. The molecule has 3 rings (SSSR count). The number of halogens is 1. The van der Waals surface area contributed by atoms with Crippen LogP contribution in [-0.2, 0) is 19.6 Å². The van der Waals surface area contributed by atoms with E-state index in [9.17, 15) is 0 Å².